The number of para-hydroxylation sites is 1. The molecule has 1 N–H and O–H groups in total. The Labute approximate surface area is 157 Å². The zero-order chi connectivity index (χ0) is 19.2. The summed E-state index contributed by atoms with van der Waals surface area (Å²) < 4.78 is 4.58. The second-order valence-corrected chi connectivity index (χ2v) is 5.76. The van der Waals surface area contributed by atoms with Crippen LogP contribution in [0.4, 0.5) is 5.69 Å². The number of amides is 1. The summed E-state index contributed by atoms with van der Waals surface area (Å²) in [6.07, 6.45) is 4.48. The topological polar surface area (TPSA) is 68.3 Å². The van der Waals surface area contributed by atoms with Crippen LogP contribution in [0, 0.1) is 0 Å². The molecule has 0 saturated carbocycles. The van der Waals surface area contributed by atoms with Crippen molar-refractivity contribution >= 4 is 34.0 Å². The van der Waals surface area contributed by atoms with Crippen molar-refractivity contribution in [2.24, 2.45) is 0 Å². The lowest BCUT2D eigenvalue weighted by atomic mass is 9.99. The Morgan fingerprint density at radius 1 is 1.00 bits per heavy atom. The predicted molar refractivity (Wildman–Crippen MR) is 106 cm³/mol. The lowest BCUT2D eigenvalue weighted by Gasteiger charge is -2.11. The molecule has 1 aromatic heterocycles. The summed E-state index contributed by atoms with van der Waals surface area (Å²) >= 11 is 0. The maximum absolute atomic E-state index is 12.9. The lowest BCUT2D eigenvalue weighted by Crippen LogP contribution is -2.14. The van der Waals surface area contributed by atoms with E-state index in [4.69, 9.17) is 0 Å². The molecule has 0 unspecified atom stereocenters. The van der Waals surface area contributed by atoms with Crippen LogP contribution in [0.25, 0.3) is 16.5 Å². The number of fused-ring (bicyclic) bond motifs is 1. The molecule has 0 aliphatic heterocycles. The van der Waals surface area contributed by atoms with Gasteiger partial charge in [-0.15, -0.1) is 0 Å². The van der Waals surface area contributed by atoms with E-state index in [2.05, 4.69) is 21.6 Å². The van der Waals surface area contributed by atoms with Crippen LogP contribution < -0.4 is 5.32 Å². The van der Waals surface area contributed by atoms with Crippen LogP contribution in [0.5, 0.6) is 0 Å². The van der Waals surface area contributed by atoms with Crippen molar-refractivity contribution < 1.29 is 14.3 Å². The lowest BCUT2D eigenvalue weighted by molar-refractivity contribution is -0.134. The van der Waals surface area contributed by atoms with E-state index in [1.807, 2.05) is 36.4 Å². The number of carbonyl (C=O) groups excluding carboxylic acids is 2. The van der Waals surface area contributed by atoms with E-state index < -0.39 is 5.97 Å². The van der Waals surface area contributed by atoms with Gasteiger partial charge in [0.05, 0.1) is 18.3 Å². The Bertz CT molecular complexity index is 1050. The highest BCUT2D eigenvalue weighted by molar-refractivity contribution is 6.11. The number of nitrogens with one attached hydrogen (secondary N) is 1. The number of rotatable bonds is 5. The number of aromatic nitrogens is 1. The summed E-state index contributed by atoms with van der Waals surface area (Å²) in [6, 6.07) is 16.5. The molecule has 1 amide bonds. The molecule has 0 fully saturated rings. The molecule has 0 radical (unpaired) electrons. The molecule has 27 heavy (non-hydrogen) atoms. The first-order valence-corrected chi connectivity index (χ1v) is 8.29. The predicted octanol–water partition coefficient (Wildman–Crippen LogP) is 4.23. The molecule has 134 valence electrons. The molecule has 2 aromatic carbocycles. The van der Waals surface area contributed by atoms with Gasteiger partial charge >= 0.3 is 5.97 Å². The van der Waals surface area contributed by atoms with Gasteiger partial charge in [-0.05, 0) is 35.4 Å². The molecular weight excluding hydrogens is 340 g/mol. The van der Waals surface area contributed by atoms with Gasteiger partial charge in [-0.25, -0.2) is 4.79 Å². The Balaban J connectivity index is 1.90. The van der Waals surface area contributed by atoms with Crippen LogP contribution in [-0.2, 0) is 9.53 Å². The third-order valence-electron chi connectivity index (χ3n) is 4.02. The van der Waals surface area contributed by atoms with Gasteiger partial charge in [0.25, 0.3) is 5.91 Å². The number of ether oxygens (including phenoxy) is 1. The molecule has 0 aliphatic rings. The van der Waals surface area contributed by atoms with Gasteiger partial charge in [-0.1, -0.05) is 43.0 Å². The van der Waals surface area contributed by atoms with Crippen molar-refractivity contribution in [2.45, 2.75) is 0 Å². The molecule has 0 atom stereocenters. The average molecular weight is 358 g/mol. The number of anilines is 1. The van der Waals surface area contributed by atoms with Crippen LogP contribution in [0.15, 0.2) is 79.5 Å². The van der Waals surface area contributed by atoms with E-state index in [0.717, 1.165) is 10.9 Å². The normalized spacial score (nSPS) is 10.7. The van der Waals surface area contributed by atoms with Crippen molar-refractivity contribution in [1.29, 1.82) is 0 Å². The minimum atomic E-state index is -0.486. The molecular formula is C22H18N2O3. The van der Waals surface area contributed by atoms with E-state index in [1.54, 1.807) is 24.4 Å². The fraction of sp³-hybridized carbons (Fsp3) is 0.0455. The van der Waals surface area contributed by atoms with E-state index in [9.17, 15) is 9.59 Å². The summed E-state index contributed by atoms with van der Waals surface area (Å²) in [4.78, 5) is 28.5. The number of methoxy groups -OCH3 is 1. The molecule has 0 bridgehead atoms. The molecule has 3 aromatic rings. The van der Waals surface area contributed by atoms with Gasteiger partial charge in [0.15, 0.2) is 0 Å². The van der Waals surface area contributed by atoms with E-state index >= 15 is 0 Å². The van der Waals surface area contributed by atoms with Gasteiger partial charge < -0.3 is 10.1 Å². The van der Waals surface area contributed by atoms with E-state index in [1.165, 1.54) is 19.3 Å². The van der Waals surface area contributed by atoms with Crippen LogP contribution in [0.1, 0.15) is 15.9 Å². The highest BCUT2D eigenvalue weighted by Crippen LogP contribution is 2.24. The number of benzene rings is 2. The Morgan fingerprint density at radius 2 is 1.74 bits per heavy atom. The van der Waals surface area contributed by atoms with Crippen molar-refractivity contribution in [3.8, 4) is 0 Å². The summed E-state index contributed by atoms with van der Waals surface area (Å²) in [6.45, 7) is 3.94. The van der Waals surface area contributed by atoms with Crippen LogP contribution >= 0.6 is 0 Å². The Kier molecular flexibility index (Phi) is 5.42. The molecule has 0 spiro atoms. The largest absolute Gasteiger partial charge is 0.466 e. The van der Waals surface area contributed by atoms with Crippen LogP contribution in [0.3, 0.4) is 0 Å². The second kappa shape index (κ2) is 8.10. The standard InChI is InChI=1S/C22H18N2O3/c1-15(12-13-20(25)27-2)17-9-3-4-10-18(17)22(26)24-19-11-5-7-16-8-6-14-23-21(16)19/h3-14H,1H2,2H3,(H,24,26)/b13-12+. The van der Waals surface area contributed by atoms with Crippen molar-refractivity contribution in [1.82, 2.24) is 4.98 Å². The molecule has 0 aliphatic carbocycles. The number of nitrogens with zero attached hydrogens (tertiary/aromatic N) is 1. The molecule has 5 nitrogen and oxygen atoms in total. The summed E-state index contributed by atoms with van der Waals surface area (Å²) in [7, 11) is 1.30. The Hall–Kier alpha value is -3.73. The van der Waals surface area contributed by atoms with E-state index in [-0.39, 0.29) is 5.91 Å². The van der Waals surface area contributed by atoms with Gasteiger partial charge in [0.2, 0.25) is 0 Å². The minimum Gasteiger partial charge on any atom is -0.466 e. The number of allylic oxidation sites excluding steroid dienone is 2. The third kappa shape index (κ3) is 4.10. The first kappa shape index (κ1) is 18.1. The van der Waals surface area contributed by atoms with Crippen molar-refractivity contribution in [3.05, 3.63) is 90.7 Å². The van der Waals surface area contributed by atoms with Crippen LogP contribution in [0.2, 0.25) is 0 Å². The van der Waals surface area contributed by atoms with Crippen LogP contribution in [-0.4, -0.2) is 24.0 Å². The van der Waals surface area contributed by atoms with Crippen molar-refractivity contribution in [2.75, 3.05) is 12.4 Å². The SMILES string of the molecule is C=C(/C=C/C(=O)OC)c1ccccc1C(=O)Nc1cccc2cccnc12. The van der Waals surface area contributed by atoms with Gasteiger partial charge in [-0.2, -0.15) is 0 Å². The highest BCUT2D eigenvalue weighted by Gasteiger charge is 2.14. The molecule has 3 rings (SSSR count). The zero-order valence-electron chi connectivity index (χ0n) is 14.8. The fourth-order valence-corrected chi connectivity index (χ4v) is 2.68. The average Bonchev–Trinajstić information content (AvgIpc) is 2.72. The number of esters is 1. The summed E-state index contributed by atoms with van der Waals surface area (Å²) in [5.41, 5.74) is 2.95. The fourth-order valence-electron chi connectivity index (χ4n) is 2.68. The monoisotopic (exact) mass is 358 g/mol. The van der Waals surface area contributed by atoms with E-state index in [0.29, 0.717) is 22.4 Å². The number of carbonyl (C=O) groups is 2. The number of hydrogen-bond donors (Lipinski definition) is 1. The maximum Gasteiger partial charge on any atom is 0.330 e. The van der Waals surface area contributed by atoms with Gasteiger partial charge in [-0.3, -0.25) is 9.78 Å². The van der Waals surface area contributed by atoms with Crippen molar-refractivity contribution in [3.63, 3.8) is 0 Å². The maximum atomic E-state index is 12.9. The smallest absolute Gasteiger partial charge is 0.330 e. The number of hydrogen-bond acceptors (Lipinski definition) is 4. The quantitative estimate of drug-likeness (QED) is 0.421. The molecule has 0 saturated heterocycles. The molecule has 1 heterocycles. The summed E-state index contributed by atoms with van der Waals surface area (Å²) in [5.74, 6) is -0.767. The Morgan fingerprint density at radius 3 is 2.52 bits per heavy atom. The van der Waals surface area contributed by atoms with Gasteiger partial charge in [0.1, 0.15) is 0 Å². The molecule has 5 heteroatoms. The van der Waals surface area contributed by atoms with Gasteiger partial charge in [0, 0.05) is 23.2 Å². The minimum absolute atomic E-state index is 0.281. The summed E-state index contributed by atoms with van der Waals surface area (Å²) in [5, 5.41) is 3.85. The highest BCUT2D eigenvalue weighted by atomic mass is 16.5. The zero-order valence-corrected chi connectivity index (χ0v) is 14.8. The second-order valence-electron chi connectivity index (χ2n) is 5.76. The first-order valence-electron chi connectivity index (χ1n) is 8.29. The first-order chi connectivity index (χ1) is 13.1. The third-order valence-corrected chi connectivity index (χ3v) is 4.02. The number of pyridine rings is 1.